The first-order valence-electron chi connectivity index (χ1n) is 7.59. The van der Waals surface area contributed by atoms with E-state index in [2.05, 4.69) is 10.6 Å². The van der Waals surface area contributed by atoms with Gasteiger partial charge in [-0.2, -0.15) is 0 Å². The molecule has 2 aromatic rings. The molecule has 0 spiro atoms. The van der Waals surface area contributed by atoms with Crippen molar-refractivity contribution in [1.29, 1.82) is 0 Å². The fourth-order valence-electron chi connectivity index (χ4n) is 2.56. The van der Waals surface area contributed by atoms with Gasteiger partial charge in [-0.3, -0.25) is 19.3 Å². The van der Waals surface area contributed by atoms with Gasteiger partial charge in [0.2, 0.25) is 5.91 Å². The molecule has 3 rings (SSSR count). The van der Waals surface area contributed by atoms with Crippen LogP contribution in [0.1, 0.15) is 26.3 Å². The number of rotatable bonds is 3. The number of nitrogens with zero attached hydrogens (tertiary/aromatic N) is 1. The highest BCUT2D eigenvalue weighted by molar-refractivity contribution is 7.80. The molecule has 1 aliphatic heterocycles. The molecule has 0 unspecified atom stereocenters. The molecular weight excluding hydrogens is 338 g/mol. The van der Waals surface area contributed by atoms with Gasteiger partial charge in [-0.1, -0.05) is 30.3 Å². The molecule has 1 aliphatic rings. The van der Waals surface area contributed by atoms with Crippen LogP contribution in [0.25, 0.3) is 0 Å². The minimum Gasteiger partial charge on any atom is -0.332 e. The van der Waals surface area contributed by atoms with E-state index in [9.17, 15) is 14.4 Å². The van der Waals surface area contributed by atoms with E-state index >= 15 is 0 Å². The van der Waals surface area contributed by atoms with E-state index in [1.54, 1.807) is 24.3 Å². The van der Waals surface area contributed by atoms with Crippen LogP contribution in [0.15, 0.2) is 48.5 Å². The number of hydrogen-bond donors (Lipinski definition) is 2. The Morgan fingerprint density at radius 1 is 1.00 bits per heavy atom. The first kappa shape index (κ1) is 16.8. The number of nitrogens with one attached hydrogen (secondary N) is 2. The van der Waals surface area contributed by atoms with Crippen LogP contribution in [-0.2, 0) is 4.79 Å². The molecule has 2 aromatic carbocycles. The van der Waals surface area contributed by atoms with Crippen molar-refractivity contribution in [3.8, 4) is 0 Å². The molecule has 1 heterocycles. The molecule has 25 heavy (non-hydrogen) atoms. The Balaban J connectivity index is 1.62. The number of amides is 3. The number of carbonyl (C=O) groups excluding carboxylic acids is 3. The van der Waals surface area contributed by atoms with Gasteiger partial charge in [-0.25, -0.2) is 0 Å². The summed E-state index contributed by atoms with van der Waals surface area (Å²) in [5.41, 5.74) is 2.36. The number of para-hydroxylation sites is 1. The molecule has 6 nitrogen and oxygen atoms in total. The van der Waals surface area contributed by atoms with Crippen molar-refractivity contribution in [2.24, 2.45) is 0 Å². The molecule has 0 aliphatic carbocycles. The summed E-state index contributed by atoms with van der Waals surface area (Å²) in [6.45, 7) is 1.52. The molecule has 126 valence electrons. The minimum absolute atomic E-state index is 0.107. The van der Waals surface area contributed by atoms with E-state index in [4.69, 9.17) is 12.2 Å². The molecule has 0 saturated heterocycles. The van der Waals surface area contributed by atoms with Gasteiger partial charge in [-0.05, 0) is 42.9 Å². The molecular formula is C18H15N3O3S. The first-order chi connectivity index (χ1) is 12.0. The number of fused-ring (bicyclic) bond motifs is 1. The summed E-state index contributed by atoms with van der Waals surface area (Å²) in [7, 11) is 0. The van der Waals surface area contributed by atoms with Crippen molar-refractivity contribution in [3.63, 3.8) is 0 Å². The summed E-state index contributed by atoms with van der Waals surface area (Å²) in [4.78, 5) is 37.5. The van der Waals surface area contributed by atoms with Gasteiger partial charge >= 0.3 is 0 Å². The van der Waals surface area contributed by atoms with Crippen LogP contribution in [0.2, 0.25) is 0 Å². The minimum atomic E-state index is -0.541. The van der Waals surface area contributed by atoms with E-state index in [0.717, 1.165) is 16.2 Å². The molecule has 0 saturated carbocycles. The number of aryl methyl sites for hydroxylation is 1. The lowest BCUT2D eigenvalue weighted by Crippen LogP contribution is -2.43. The van der Waals surface area contributed by atoms with E-state index in [0.29, 0.717) is 11.1 Å². The highest BCUT2D eigenvalue weighted by Gasteiger charge is 2.36. The number of benzene rings is 2. The topological polar surface area (TPSA) is 78.5 Å². The second-order valence-corrected chi connectivity index (χ2v) is 5.97. The Hall–Kier alpha value is -3.06. The van der Waals surface area contributed by atoms with Crippen molar-refractivity contribution in [2.75, 3.05) is 11.9 Å². The number of anilines is 1. The molecule has 0 aromatic heterocycles. The average Bonchev–Trinajstić information content (AvgIpc) is 2.82. The third-order valence-corrected chi connectivity index (χ3v) is 4.03. The highest BCUT2D eigenvalue weighted by Crippen LogP contribution is 2.21. The van der Waals surface area contributed by atoms with E-state index in [-0.39, 0.29) is 11.7 Å². The van der Waals surface area contributed by atoms with Crippen molar-refractivity contribution < 1.29 is 14.4 Å². The SMILES string of the molecule is Cc1ccccc1NC(=S)NC(=O)CN1C(=O)c2ccccc2C1=O. The third kappa shape index (κ3) is 3.41. The summed E-state index contributed by atoms with van der Waals surface area (Å²) in [6, 6.07) is 14.0. The highest BCUT2D eigenvalue weighted by atomic mass is 32.1. The van der Waals surface area contributed by atoms with Crippen molar-refractivity contribution >= 4 is 40.7 Å². The van der Waals surface area contributed by atoms with Crippen LogP contribution in [0.3, 0.4) is 0 Å². The maximum absolute atomic E-state index is 12.2. The van der Waals surface area contributed by atoms with Crippen molar-refractivity contribution in [2.45, 2.75) is 6.92 Å². The monoisotopic (exact) mass is 353 g/mol. The van der Waals surface area contributed by atoms with Crippen LogP contribution in [0.4, 0.5) is 5.69 Å². The van der Waals surface area contributed by atoms with Crippen LogP contribution in [0.5, 0.6) is 0 Å². The van der Waals surface area contributed by atoms with E-state index in [1.807, 2.05) is 31.2 Å². The normalized spacial score (nSPS) is 12.8. The van der Waals surface area contributed by atoms with Crippen molar-refractivity contribution in [3.05, 3.63) is 65.2 Å². The quantitative estimate of drug-likeness (QED) is 0.653. The second-order valence-electron chi connectivity index (χ2n) is 5.56. The van der Waals surface area contributed by atoms with Gasteiger partial charge in [0.25, 0.3) is 11.8 Å². The summed E-state index contributed by atoms with van der Waals surface area (Å²) in [5.74, 6) is -1.50. The molecule has 0 radical (unpaired) electrons. The van der Waals surface area contributed by atoms with Gasteiger partial charge < -0.3 is 10.6 Å². The lowest BCUT2D eigenvalue weighted by molar-refractivity contribution is -0.120. The summed E-state index contributed by atoms with van der Waals surface area (Å²) >= 11 is 5.11. The Bertz CT molecular complexity index is 860. The Kier molecular flexibility index (Phi) is 4.58. The zero-order chi connectivity index (χ0) is 18.0. The summed E-state index contributed by atoms with van der Waals surface area (Å²) in [6.07, 6.45) is 0. The Morgan fingerprint density at radius 3 is 2.16 bits per heavy atom. The Morgan fingerprint density at radius 2 is 1.56 bits per heavy atom. The van der Waals surface area contributed by atoms with E-state index < -0.39 is 17.7 Å². The average molecular weight is 353 g/mol. The standard InChI is InChI=1S/C18H15N3O3S/c1-11-6-2-5-9-14(11)19-18(25)20-15(22)10-21-16(23)12-7-3-4-8-13(12)17(21)24/h2-9H,10H2,1H3,(H2,19,20,22,25). The number of carbonyl (C=O) groups is 3. The molecule has 0 fully saturated rings. The van der Waals surface area contributed by atoms with Gasteiger partial charge in [0, 0.05) is 5.69 Å². The number of thiocarbonyl (C=S) groups is 1. The lowest BCUT2D eigenvalue weighted by Gasteiger charge is -2.15. The summed E-state index contributed by atoms with van der Waals surface area (Å²) in [5, 5.41) is 5.51. The zero-order valence-corrected chi connectivity index (χ0v) is 14.2. The third-order valence-electron chi connectivity index (χ3n) is 3.83. The predicted molar refractivity (Wildman–Crippen MR) is 97.4 cm³/mol. The number of hydrogen-bond acceptors (Lipinski definition) is 4. The van der Waals surface area contributed by atoms with Gasteiger partial charge in [0.1, 0.15) is 6.54 Å². The Labute approximate surface area is 149 Å². The number of imide groups is 1. The van der Waals surface area contributed by atoms with Crippen molar-refractivity contribution in [1.82, 2.24) is 10.2 Å². The molecule has 0 bridgehead atoms. The first-order valence-corrected chi connectivity index (χ1v) is 8.00. The van der Waals surface area contributed by atoms with Crippen LogP contribution in [-0.4, -0.2) is 34.3 Å². The maximum Gasteiger partial charge on any atom is 0.262 e. The zero-order valence-electron chi connectivity index (χ0n) is 13.4. The summed E-state index contributed by atoms with van der Waals surface area (Å²) < 4.78 is 0. The smallest absolute Gasteiger partial charge is 0.262 e. The largest absolute Gasteiger partial charge is 0.332 e. The van der Waals surface area contributed by atoms with E-state index in [1.165, 1.54) is 0 Å². The fraction of sp³-hybridized carbons (Fsp3) is 0.111. The fourth-order valence-corrected chi connectivity index (χ4v) is 2.78. The van der Waals surface area contributed by atoms with Crippen LogP contribution < -0.4 is 10.6 Å². The lowest BCUT2D eigenvalue weighted by atomic mass is 10.1. The predicted octanol–water partition coefficient (Wildman–Crippen LogP) is 2.10. The molecule has 0 atom stereocenters. The van der Waals surface area contributed by atoms with Crippen LogP contribution >= 0.6 is 12.2 Å². The van der Waals surface area contributed by atoms with Gasteiger partial charge in [-0.15, -0.1) is 0 Å². The van der Waals surface area contributed by atoms with Gasteiger partial charge in [0.05, 0.1) is 11.1 Å². The van der Waals surface area contributed by atoms with Crippen LogP contribution in [0, 0.1) is 6.92 Å². The molecule has 3 amide bonds. The maximum atomic E-state index is 12.2. The van der Waals surface area contributed by atoms with Gasteiger partial charge in [0.15, 0.2) is 5.11 Å². The molecule has 2 N–H and O–H groups in total. The second kappa shape index (κ2) is 6.82. The molecule has 7 heteroatoms.